The molecule has 4 aromatic rings. The number of nitrogens with zero attached hydrogens (tertiary/aromatic N) is 5. The Labute approximate surface area is 150 Å². The lowest BCUT2D eigenvalue weighted by molar-refractivity contribution is 0.571. The largest absolute Gasteiger partial charge is 0.323 e. The summed E-state index contributed by atoms with van der Waals surface area (Å²) in [6.07, 6.45) is 12.1. The van der Waals surface area contributed by atoms with Crippen molar-refractivity contribution >= 4 is 11.3 Å². The fourth-order valence-corrected chi connectivity index (χ4v) is 3.61. The number of aromatic nitrogens is 5. The van der Waals surface area contributed by atoms with Crippen LogP contribution in [-0.2, 0) is 0 Å². The molecule has 0 amide bonds. The molecule has 0 aliphatic heterocycles. The summed E-state index contributed by atoms with van der Waals surface area (Å²) in [5.74, 6) is 1.62. The normalized spacial score (nSPS) is 12.2. The van der Waals surface area contributed by atoms with Crippen LogP contribution in [0.4, 0.5) is 0 Å². The monoisotopic (exact) mass is 347 g/mol. The van der Waals surface area contributed by atoms with Crippen LogP contribution in [-0.4, -0.2) is 24.5 Å². The second-order valence-electron chi connectivity index (χ2n) is 5.64. The van der Waals surface area contributed by atoms with E-state index in [0.29, 0.717) is 0 Å². The van der Waals surface area contributed by atoms with E-state index < -0.39 is 0 Å². The minimum absolute atomic E-state index is 0.206. The molecular formula is C19H17N5S. The van der Waals surface area contributed by atoms with Crippen LogP contribution in [0.25, 0.3) is 22.1 Å². The van der Waals surface area contributed by atoms with Gasteiger partial charge in [0.1, 0.15) is 5.82 Å². The maximum atomic E-state index is 4.54. The fraction of sp³-hybridized carbons (Fsp3) is 0.158. The van der Waals surface area contributed by atoms with E-state index in [-0.39, 0.29) is 6.04 Å². The number of pyridine rings is 1. The summed E-state index contributed by atoms with van der Waals surface area (Å²) in [7, 11) is 0. The first-order valence-electron chi connectivity index (χ1n) is 8.16. The predicted molar refractivity (Wildman–Crippen MR) is 99.2 cm³/mol. The third kappa shape index (κ3) is 3.08. The third-order valence-corrected chi connectivity index (χ3v) is 5.00. The molecule has 124 valence electrons. The summed E-state index contributed by atoms with van der Waals surface area (Å²) >= 11 is 1.64. The quantitative estimate of drug-likeness (QED) is 0.535. The van der Waals surface area contributed by atoms with Gasteiger partial charge in [-0.1, -0.05) is 13.0 Å². The molecule has 1 atom stereocenters. The highest BCUT2D eigenvalue weighted by Crippen LogP contribution is 2.28. The smallest absolute Gasteiger partial charge is 0.169 e. The van der Waals surface area contributed by atoms with E-state index in [1.807, 2.05) is 66.8 Å². The molecule has 0 saturated carbocycles. The maximum absolute atomic E-state index is 4.54. The van der Waals surface area contributed by atoms with Gasteiger partial charge < -0.3 is 4.57 Å². The molecule has 1 unspecified atom stereocenters. The molecule has 4 aromatic heterocycles. The van der Waals surface area contributed by atoms with Crippen LogP contribution in [0, 0.1) is 0 Å². The summed E-state index contributed by atoms with van der Waals surface area (Å²) in [5.41, 5.74) is 2.13. The van der Waals surface area contributed by atoms with E-state index in [4.69, 9.17) is 0 Å². The van der Waals surface area contributed by atoms with Crippen molar-refractivity contribution in [1.82, 2.24) is 24.5 Å². The van der Waals surface area contributed by atoms with E-state index in [0.717, 1.165) is 28.5 Å². The zero-order valence-electron chi connectivity index (χ0n) is 13.8. The van der Waals surface area contributed by atoms with Crippen LogP contribution in [0.5, 0.6) is 0 Å². The summed E-state index contributed by atoms with van der Waals surface area (Å²) in [4.78, 5) is 18.7. The van der Waals surface area contributed by atoms with Crippen molar-refractivity contribution in [2.75, 3.05) is 0 Å². The number of hydrogen-bond acceptors (Lipinski definition) is 5. The summed E-state index contributed by atoms with van der Waals surface area (Å²) in [6.45, 7) is 2.17. The molecule has 0 bridgehead atoms. The second kappa shape index (κ2) is 6.94. The minimum atomic E-state index is 0.206. The van der Waals surface area contributed by atoms with Gasteiger partial charge in [0.2, 0.25) is 0 Å². The molecule has 5 nitrogen and oxygen atoms in total. The average molecular weight is 347 g/mol. The molecule has 25 heavy (non-hydrogen) atoms. The Balaban J connectivity index is 1.69. The van der Waals surface area contributed by atoms with Crippen molar-refractivity contribution in [1.29, 1.82) is 0 Å². The number of hydrogen-bond donors (Lipinski definition) is 0. The Morgan fingerprint density at radius 2 is 1.84 bits per heavy atom. The van der Waals surface area contributed by atoms with Gasteiger partial charge in [0.25, 0.3) is 0 Å². The van der Waals surface area contributed by atoms with Crippen LogP contribution in [0.3, 0.4) is 0 Å². The number of rotatable bonds is 5. The molecule has 0 N–H and O–H groups in total. The second-order valence-corrected chi connectivity index (χ2v) is 6.58. The van der Waals surface area contributed by atoms with Crippen LogP contribution < -0.4 is 0 Å². The summed E-state index contributed by atoms with van der Waals surface area (Å²) in [6, 6.07) is 8.34. The first-order chi connectivity index (χ1) is 12.4. The van der Waals surface area contributed by atoms with Gasteiger partial charge in [0, 0.05) is 37.2 Å². The van der Waals surface area contributed by atoms with Gasteiger partial charge in [-0.15, -0.1) is 11.3 Å². The average Bonchev–Trinajstić information content (AvgIpc) is 3.36. The van der Waals surface area contributed by atoms with E-state index in [2.05, 4.69) is 31.4 Å². The van der Waals surface area contributed by atoms with E-state index in [1.54, 1.807) is 11.3 Å². The Morgan fingerprint density at radius 3 is 2.52 bits per heavy atom. The molecule has 4 rings (SSSR count). The van der Waals surface area contributed by atoms with Crippen molar-refractivity contribution in [2.24, 2.45) is 0 Å². The van der Waals surface area contributed by atoms with Gasteiger partial charge in [-0.05, 0) is 35.6 Å². The van der Waals surface area contributed by atoms with Crippen molar-refractivity contribution < 1.29 is 0 Å². The van der Waals surface area contributed by atoms with Crippen LogP contribution in [0.15, 0.2) is 66.8 Å². The topological polar surface area (TPSA) is 56.5 Å². The van der Waals surface area contributed by atoms with Crippen molar-refractivity contribution in [3.8, 4) is 22.1 Å². The summed E-state index contributed by atoms with van der Waals surface area (Å²) in [5, 5.41) is 2.03. The van der Waals surface area contributed by atoms with Gasteiger partial charge in [-0.3, -0.25) is 4.98 Å². The van der Waals surface area contributed by atoms with Crippen LogP contribution >= 0.6 is 11.3 Å². The lowest BCUT2D eigenvalue weighted by Gasteiger charge is -2.19. The zero-order chi connectivity index (χ0) is 17.1. The highest BCUT2D eigenvalue weighted by Gasteiger charge is 2.17. The first kappa shape index (κ1) is 15.7. The third-order valence-electron chi connectivity index (χ3n) is 4.13. The predicted octanol–water partition coefficient (Wildman–Crippen LogP) is 4.46. The Kier molecular flexibility index (Phi) is 4.35. The molecule has 0 aliphatic rings. The highest BCUT2D eigenvalue weighted by molar-refractivity contribution is 7.13. The van der Waals surface area contributed by atoms with Gasteiger partial charge in [0.15, 0.2) is 5.82 Å². The maximum Gasteiger partial charge on any atom is 0.169 e. The number of imidazole rings is 1. The first-order valence-corrected chi connectivity index (χ1v) is 9.04. The SMILES string of the molecule is CCC(c1ccncc1)n1ccnc1-c1cnc(-c2cccs2)nc1. The molecule has 0 fully saturated rings. The summed E-state index contributed by atoms with van der Waals surface area (Å²) < 4.78 is 2.18. The van der Waals surface area contributed by atoms with Gasteiger partial charge >= 0.3 is 0 Å². The van der Waals surface area contributed by atoms with E-state index in [9.17, 15) is 0 Å². The van der Waals surface area contributed by atoms with Gasteiger partial charge in [-0.25, -0.2) is 15.0 Å². The van der Waals surface area contributed by atoms with Crippen molar-refractivity contribution in [3.05, 3.63) is 72.4 Å². The molecule has 4 heterocycles. The Bertz CT molecular complexity index is 930. The molecule has 6 heteroatoms. The van der Waals surface area contributed by atoms with Crippen LogP contribution in [0.1, 0.15) is 24.9 Å². The molecule has 0 aromatic carbocycles. The molecule has 0 saturated heterocycles. The van der Waals surface area contributed by atoms with Crippen LogP contribution in [0.2, 0.25) is 0 Å². The lowest BCUT2D eigenvalue weighted by Crippen LogP contribution is -2.10. The minimum Gasteiger partial charge on any atom is -0.323 e. The zero-order valence-corrected chi connectivity index (χ0v) is 14.6. The molecular weight excluding hydrogens is 330 g/mol. The van der Waals surface area contributed by atoms with E-state index in [1.165, 1.54) is 5.56 Å². The van der Waals surface area contributed by atoms with Crippen molar-refractivity contribution in [2.45, 2.75) is 19.4 Å². The number of thiophene rings is 1. The van der Waals surface area contributed by atoms with Crippen molar-refractivity contribution in [3.63, 3.8) is 0 Å². The lowest BCUT2D eigenvalue weighted by atomic mass is 10.1. The van der Waals surface area contributed by atoms with Gasteiger partial charge in [0.05, 0.1) is 16.5 Å². The molecule has 0 aliphatic carbocycles. The Morgan fingerprint density at radius 1 is 1.04 bits per heavy atom. The Hall–Kier alpha value is -2.86. The van der Waals surface area contributed by atoms with Gasteiger partial charge in [-0.2, -0.15) is 0 Å². The van der Waals surface area contributed by atoms with E-state index >= 15 is 0 Å². The fourth-order valence-electron chi connectivity index (χ4n) is 2.94. The highest BCUT2D eigenvalue weighted by atomic mass is 32.1. The molecule has 0 spiro atoms. The molecule has 0 radical (unpaired) electrons. The standard InChI is InChI=1S/C19H17N5S/c1-2-16(14-5-7-20-8-6-14)24-10-9-21-19(24)15-12-22-18(23-13-15)17-4-3-11-25-17/h3-13,16H,2H2,1H3.